The minimum absolute atomic E-state index is 0.275. The van der Waals surface area contributed by atoms with Gasteiger partial charge in [-0.3, -0.25) is 0 Å². The largest absolute Gasteiger partial charge is 0.369 e. The average molecular weight is 235 g/mol. The number of aromatic nitrogens is 2. The number of anilines is 1. The Morgan fingerprint density at radius 3 is 2.94 bits per heavy atom. The third-order valence-electron chi connectivity index (χ3n) is 3.10. The fraction of sp³-hybridized carbons (Fsp3) is 0.462. The first kappa shape index (κ1) is 11.9. The maximum Gasteiger partial charge on any atom is 0.201 e. The van der Waals surface area contributed by atoms with Crippen LogP contribution in [0.25, 0.3) is 11.0 Å². The lowest BCUT2D eigenvalue weighted by Gasteiger charge is -2.15. The summed E-state index contributed by atoms with van der Waals surface area (Å²) in [6.45, 7) is 4.29. The number of nitrogen functional groups attached to an aromatic ring is 1. The van der Waals surface area contributed by atoms with Gasteiger partial charge in [0, 0.05) is 12.1 Å². The highest BCUT2D eigenvalue weighted by Gasteiger charge is 2.13. The predicted molar refractivity (Wildman–Crippen MR) is 68.3 cm³/mol. The third kappa shape index (κ3) is 2.25. The Kier molecular flexibility index (Phi) is 3.31. The van der Waals surface area contributed by atoms with Gasteiger partial charge >= 0.3 is 0 Å². The molecule has 1 aromatic carbocycles. The first-order chi connectivity index (χ1) is 8.13. The van der Waals surface area contributed by atoms with Gasteiger partial charge in [0.15, 0.2) is 0 Å². The highest BCUT2D eigenvalue weighted by Crippen LogP contribution is 2.26. The summed E-state index contributed by atoms with van der Waals surface area (Å²) in [5, 5.41) is 0. The summed E-state index contributed by atoms with van der Waals surface area (Å²) in [5.74, 6) is 0.192. The van der Waals surface area contributed by atoms with Crippen molar-refractivity contribution in [3.05, 3.63) is 24.0 Å². The number of imidazole rings is 1. The maximum absolute atomic E-state index is 13.1. The zero-order valence-electron chi connectivity index (χ0n) is 10.3. The molecule has 1 aromatic heterocycles. The standard InChI is InChI=1S/C13H18FN3/c1-3-4-5-9(2)17-12-7-6-10(14)8-11(12)16-13(17)15/h6-9H,3-5H2,1-2H3,(H2,15,16). The number of nitrogens with zero attached hydrogens (tertiary/aromatic N) is 2. The third-order valence-corrected chi connectivity index (χ3v) is 3.10. The second kappa shape index (κ2) is 4.73. The Bertz CT molecular complexity index is 519. The molecule has 2 N–H and O–H groups in total. The van der Waals surface area contributed by atoms with Gasteiger partial charge in [0.25, 0.3) is 0 Å². The topological polar surface area (TPSA) is 43.8 Å². The molecule has 0 aliphatic rings. The molecule has 0 radical (unpaired) electrons. The molecule has 0 amide bonds. The van der Waals surface area contributed by atoms with Crippen molar-refractivity contribution in [3.8, 4) is 0 Å². The van der Waals surface area contributed by atoms with E-state index < -0.39 is 0 Å². The molecule has 4 heteroatoms. The van der Waals surface area contributed by atoms with Crippen LogP contribution in [0.15, 0.2) is 18.2 Å². The molecule has 0 saturated heterocycles. The van der Waals surface area contributed by atoms with Crippen molar-refractivity contribution in [1.29, 1.82) is 0 Å². The van der Waals surface area contributed by atoms with E-state index in [-0.39, 0.29) is 5.82 Å². The van der Waals surface area contributed by atoms with Gasteiger partial charge < -0.3 is 10.3 Å². The van der Waals surface area contributed by atoms with Crippen molar-refractivity contribution in [2.24, 2.45) is 0 Å². The van der Waals surface area contributed by atoms with Crippen molar-refractivity contribution in [3.63, 3.8) is 0 Å². The van der Waals surface area contributed by atoms with E-state index in [2.05, 4.69) is 18.8 Å². The Balaban J connectivity index is 2.42. The Labute approximate surface area is 100 Å². The summed E-state index contributed by atoms with van der Waals surface area (Å²) < 4.78 is 15.1. The van der Waals surface area contributed by atoms with Crippen LogP contribution in [0.2, 0.25) is 0 Å². The molecular weight excluding hydrogens is 217 g/mol. The van der Waals surface area contributed by atoms with Crippen LogP contribution in [-0.2, 0) is 0 Å². The number of hydrogen-bond acceptors (Lipinski definition) is 2. The van der Waals surface area contributed by atoms with Crippen LogP contribution in [0.4, 0.5) is 10.3 Å². The molecule has 2 aromatic rings. The molecule has 17 heavy (non-hydrogen) atoms. The van der Waals surface area contributed by atoms with Gasteiger partial charge in [-0.25, -0.2) is 9.37 Å². The fourth-order valence-electron chi connectivity index (χ4n) is 2.18. The van der Waals surface area contributed by atoms with Crippen molar-refractivity contribution in [1.82, 2.24) is 9.55 Å². The molecular formula is C13H18FN3. The zero-order valence-corrected chi connectivity index (χ0v) is 10.3. The van der Waals surface area contributed by atoms with Gasteiger partial charge in [-0.15, -0.1) is 0 Å². The minimum atomic E-state index is -0.275. The van der Waals surface area contributed by atoms with Crippen molar-refractivity contribution < 1.29 is 4.39 Å². The number of unbranched alkanes of at least 4 members (excludes halogenated alkanes) is 1. The van der Waals surface area contributed by atoms with Gasteiger partial charge in [0.2, 0.25) is 5.95 Å². The van der Waals surface area contributed by atoms with E-state index in [1.165, 1.54) is 12.1 Å². The lowest BCUT2D eigenvalue weighted by Crippen LogP contribution is -2.08. The number of halogens is 1. The molecule has 0 fully saturated rings. The minimum Gasteiger partial charge on any atom is -0.369 e. The van der Waals surface area contributed by atoms with Crippen molar-refractivity contribution in [2.45, 2.75) is 39.2 Å². The van der Waals surface area contributed by atoms with Gasteiger partial charge in [-0.05, 0) is 25.5 Å². The SMILES string of the molecule is CCCCC(C)n1c(N)nc2cc(F)ccc21. The number of nitrogens with two attached hydrogens (primary N) is 1. The molecule has 0 aliphatic carbocycles. The van der Waals surface area contributed by atoms with Gasteiger partial charge in [0.1, 0.15) is 5.82 Å². The molecule has 1 heterocycles. The zero-order chi connectivity index (χ0) is 12.4. The molecule has 0 bridgehead atoms. The summed E-state index contributed by atoms with van der Waals surface area (Å²) in [5.41, 5.74) is 7.45. The number of benzene rings is 1. The Morgan fingerprint density at radius 1 is 1.47 bits per heavy atom. The van der Waals surface area contributed by atoms with E-state index in [1.807, 2.05) is 4.57 Å². The van der Waals surface area contributed by atoms with Gasteiger partial charge in [0.05, 0.1) is 11.0 Å². The lowest BCUT2D eigenvalue weighted by atomic mass is 10.1. The molecule has 92 valence electrons. The van der Waals surface area contributed by atoms with Crippen LogP contribution in [-0.4, -0.2) is 9.55 Å². The Morgan fingerprint density at radius 2 is 2.24 bits per heavy atom. The van der Waals surface area contributed by atoms with Crippen LogP contribution < -0.4 is 5.73 Å². The van der Waals surface area contributed by atoms with Crippen molar-refractivity contribution >= 4 is 17.0 Å². The molecule has 1 unspecified atom stereocenters. The summed E-state index contributed by atoms with van der Waals surface area (Å²) in [6.07, 6.45) is 3.37. The number of fused-ring (bicyclic) bond motifs is 1. The lowest BCUT2D eigenvalue weighted by molar-refractivity contribution is 0.501. The predicted octanol–water partition coefficient (Wildman–Crippen LogP) is 3.51. The van der Waals surface area contributed by atoms with E-state index in [0.717, 1.165) is 24.8 Å². The highest BCUT2D eigenvalue weighted by atomic mass is 19.1. The van der Waals surface area contributed by atoms with E-state index in [4.69, 9.17) is 5.73 Å². The second-order valence-corrected chi connectivity index (χ2v) is 4.46. The van der Waals surface area contributed by atoms with Crippen LogP contribution in [0.3, 0.4) is 0 Å². The first-order valence-electron chi connectivity index (χ1n) is 6.06. The van der Waals surface area contributed by atoms with Gasteiger partial charge in [-0.2, -0.15) is 0 Å². The summed E-state index contributed by atoms with van der Waals surface area (Å²) in [4.78, 5) is 4.20. The Hall–Kier alpha value is -1.58. The average Bonchev–Trinajstić information content (AvgIpc) is 2.61. The number of rotatable bonds is 4. The van der Waals surface area contributed by atoms with Crippen LogP contribution in [0.1, 0.15) is 39.2 Å². The van der Waals surface area contributed by atoms with Crippen molar-refractivity contribution in [2.75, 3.05) is 5.73 Å². The van der Waals surface area contributed by atoms with E-state index in [0.29, 0.717) is 17.5 Å². The summed E-state index contributed by atoms with van der Waals surface area (Å²) >= 11 is 0. The quantitative estimate of drug-likeness (QED) is 0.881. The van der Waals surface area contributed by atoms with E-state index in [1.54, 1.807) is 6.07 Å². The molecule has 2 rings (SSSR count). The normalized spacial score (nSPS) is 13.1. The number of hydrogen-bond donors (Lipinski definition) is 1. The molecule has 0 saturated carbocycles. The van der Waals surface area contributed by atoms with E-state index >= 15 is 0 Å². The van der Waals surface area contributed by atoms with E-state index in [9.17, 15) is 4.39 Å². The molecule has 0 aliphatic heterocycles. The fourth-order valence-corrected chi connectivity index (χ4v) is 2.18. The highest BCUT2D eigenvalue weighted by molar-refractivity contribution is 5.78. The van der Waals surface area contributed by atoms with Crippen LogP contribution in [0.5, 0.6) is 0 Å². The maximum atomic E-state index is 13.1. The second-order valence-electron chi connectivity index (χ2n) is 4.46. The summed E-state index contributed by atoms with van der Waals surface area (Å²) in [7, 11) is 0. The smallest absolute Gasteiger partial charge is 0.201 e. The van der Waals surface area contributed by atoms with Gasteiger partial charge in [-0.1, -0.05) is 19.8 Å². The molecule has 0 spiro atoms. The molecule has 3 nitrogen and oxygen atoms in total. The monoisotopic (exact) mass is 235 g/mol. The van der Waals surface area contributed by atoms with Crippen LogP contribution >= 0.6 is 0 Å². The first-order valence-corrected chi connectivity index (χ1v) is 6.06. The summed E-state index contributed by atoms with van der Waals surface area (Å²) in [6, 6.07) is 4.92. The van der Waals surface area contributed by atoms with Crippen LogP contribution in [0, 0.1) is 5.82 Å². The molecule has 1 atom stereocenters.